The van der Waals surface area contributed by atoms with E-state index < -0.39 is 5.67 Å². The molecule has 2 aliphatic rings. The lowest BCUT2D eigenvalue weighted by molar-refractivity contribution is -0.119. The molecule has 2 atom stereocenters. The van der Waals surface area contributed by atoms with Crippen LogP contribution in [0.15, 0.2) is 0 Å². The van der Waals surface area contributed by atoms with Crippen molar-refractivity contribution in [2.45, 2.75) is 46.2 Å². The lowest BCUT2D eigenvalue weighted by atomic mass is 9.98. The fraction of sp³-hybridized carbons (Fsp3) is 0.909. The van der Waals surface area contributed by atoms with Crippen LogP contribution in [0.1, 0.15) is 40.5 Å². The van der Waals surface area contributed by atoms with Crippen molar-refractivity contribution in [2.24, 2.45) is 17.8 Å². The smallest absolute Gasteiger partial charge is 0.133 e. The third-order valence-corrected chi connectivity index (χ3v) is 3.12. The van der Waals surface area contributed by atoms with E-state index in [1.165, 1.54) is 0 Å². The van der Waals surface area contributed by atoms with Gasteiger partial charge in [0.05, 0.1) is 0 Å². The van der Waals surface area contributed by atoms with Crippen molar-refractivity contribution in [3.05, 3.63) is 0 Å². The minimum atomic E-state index is -0.971. The second kappa shape index (κ2) is 3.39. The maximum atomic E-state index is 13.2. The molecule has 0 radical (unpaired) electrons. The third-order valence-electron chi connectivity index (χ3n) is 3.12. The number of halogens is 1. The van der Waals surface area contributed by atoms with Crippen LogP contribution in [-0.4, -0.2) is 11.5 Å². The SMILES string of the molecule is CC.CC(=O)C1C2CC(C)(F)CC21. The lowest BCUT2D eigenvalue weighted by Gasteiger charge is -2.15. The monoisotopic (exact) mass is 186 g/mol. The summed E-state index contributed by atoms with van der Waals surface area (Å²) in [6.07, 6.45) is 1.23. The zero-order valence-electron chi connectivity index (χ0n) is 8.93. The molecule has 76 valence electrons. The molecule has 0 heterocycles. The average molecular weight is 186 g/mol. The Morgan fingerprint density at radius 3 is 2.00 bits per heavy atom. The van der Waals surface area contributed by atoms with Crippen molar-refractivity contribution in [2.75, 3.05) is 0 Å². The highest BCUT2D eigenvalue weighted by Crippen LogP contribution is 2.62. The van der Waals surface area contributed by atoms with E-state index in [1.54, 1.807) is 13.8 Å². The fourth-order valence-electron chi connectivity index (χ4n) is 2.67. The molecule has 2 rings (SSSR count). The highest BCUT2D eigenvalue weighted by molar-refractivity contribution is 5.82. The molecular formula is C11H19FO. The molecule has 0 aromatic heterocycles. The van der Waals surface area contributed by atoms with Gasteiger partial charge in [-0.15, -0.1) is 0 Å². The molecule has 1 nitrogen and oxygen atoms in total. The molecule has 2 saturated carbocycles. The van der Waals surface area contributed by atoms with Gasteiger partial charge in [0.2, 0.25) is 0 Å². The zero-order chi connectivity index (χ0) is 10.2. The Morgan fingerprint density at radius 2 is 1.69 bits per heavy atom. The van der Waals surface area contributed by atoms with Crippen molar-refractivity contribution < 1.29 is 9.18 Å². The van der Waals surface area contributed by atoms with Gasteiger partial charge in [0, 0.05) is 5.92 Å². The van der Waals surface area contributed by atoms with E-state index in [-0.39, 0.29) is 11.7 Å². The van der Waals surface area contributed by atoms with Gasteiger partial charge in [0.25, 0.3) is 0 Å². The van der Waals surface area contributed by atoms with Crippen LogP contribution in [0.4, 0.5) is 4.39 Å². The van der Waals surface area contributed by atoms with E-state index >= 15 is 0 Å². The van der Waals surface area contributed by atoms with Crippen LogP contribution < -0.4 is 0 Å². The average Bonchev–Trinajstić information content (AvgIpc) is 2.55. The van der Waals surface area contributed by atoms with Crippen LogP contribution in [0.5, 0.6) is 0 Å². The highest BCUT2D eigenvalue weighted by Gasteiger charge is 2.62. The van der Waals surface area contributed by atoms with Crippen molar-refractivity contribution >= 4 is 5.78 Å². The van der Waals surface area contributed by atoms with Crippen LogP contribution >= 0.6 is 0 Å². The molecule has 0 aromatic carbocycles. The Kier molecular flexibility index (Phi) is 2.79. The first-order valence-electron chi connectivity index (χ1n) is 5.21. The molecule has 2 aliphatic carbocycles. The molecule has 2 fully saturated rings. The fourth-order valence-corrected chi connectivity index (χ4v) is 2.67. The number of alkyl halides is 1. The number of rotatable bonds is 1. The third kappa shape index (κ3) is 1.92. The van der Waals surface area contributed by atoms with Crippen molar-refractivity contribution in [1.29, 1.82) is 0 Å². The number of hydrogen-bond donors (Lipinski definition) is 0. The van der Waals surface area contributed by atoms with Crippen LogP contribution in [0.2, 0.25) is 0 Å². The molecule has 0 amide bonds. The maximum Gasteiger partial charge on any atom is 0.133 e. The molecule has 2 heteroatoms. The van der Waals surface area contributed by atoms with Crippen LogP contribution in [0.25, 0.3) is 0 Å². The molecule has 0 aliphatic heterocycles. The minimum absolute atomic E-state index is 0.221. The Hall–Kier alpha value is -0.400. The summed E-state index contributed by atoms with van der Waals surface area (Å²) >= 11 is 0. The van der Waals surface area contributed by atoms with Gasteiger partial charge in [-0.25, -0.2) is 4.39 Å². The summed E-state index contributed by atoms with van der Waals surface area (Å²) < 4.78 is 13.2. The Labute approximate surface area is 79.7 Å². The van der Waals surface area contributed by atoms with E-state index in [0.717, 1.165) is 0 Å². The predicted molar refractivity (Wildman–Crippen MR) is 51.2 cm³/mol. The van der Waals surface area contributed by atoms with Gasteiger partial charge >= 0.3 is 0 Å². The number of carbonyl (C=O) groups excluding carboxylic acids is 1. The highest BCUT2D eigenvalue weighted by atomic mass is 19.1. The topological polar surface area (TPSA) is 17.1 Å². The lowest BCUT2D eigenvalue weighted by Crippen LogP contribution is -2.17. The summed E-state index contributed by atoms with van der Waals surface area (Å²) in [5, 5.41) is 0. The first kappa shape index (κ1) is 10.7. The first-order valence-corrected chi connectivity index (χ1v) is 5.21. The van der Waals surface area contributed by atoms with Gasteiger partial charge in [-0.05, 0) is 38.5 Å². The molecule has 0 aromatic rings. The van der Waals surface area contributed by atoms with Crippen molar-refractivity contribution in [3.63, 3.8) is 0 Å². The summed E-state index contributed by atoms with van der Waals surface area (Å²) in [5.41, 5.74) is -0.971. The number of Topliss-reactive ketones (excluding diaryl/α,β-unsaturated/α-hetero) is 1. The van der Waals surface area contributed by atoms with Crippen molar-refractivity contribution in [1.82, 2.24) is 0 Å². The summed E-state index contributed by atoms with van der Waals surface area (Å²) in [4.78, 5) is 10.9. The second-order valence-electron chi connectivity index (χ2n) is 4.29. The van der Waals surface area contributed by atoms with E-state index in [2.05, 4.69) is 0 Å². The Bertz CT molecular complexity index is 196. The Balaban J connectivity index is 0.000000396. The number of hydrogen-bond acceptors (Lipinski definition) is 1. The maximum absolute atomic E-state index is 13.2. The molecule has 0 saturated heterocycles. The minimum Gasteiger partial charge on any atom is -0.300 e. The summed E-state index contributed by atoms with van der Waals surface area (Å²) in [5.74, 6) is 1.26. The van der Waals surface area contributed by atoms with E-state index in [1.807, 2.05) is 13.8 Å². The summed E-state index contributed by atoms with van der Waals surface area (Å²) in [6, 6.07) is 0. The zero-order valence-corrected chi connectivity index (χ0v) is 8.93. The van der Waals surface area contributed by atoms with E-state index in [0.29, 0.717) is 24.7 Å². The summed E-state index contributed by atoms with van der Waals surface area (Å²) in [6.45, 7) is 7.27. The van der Waals surface area contributed by atoms with Gasteiger partial charge in [-0.2, -0.15) is 0 Å². The van der Waals surface area contributed by atoms with Crippen LogP contribution in [-0.2, 0) is 4.79 Å². The van der Waals surface area contributed by atoms with E-state index in [9.17, 15) is 9.18 Å². The van der Waals surface area contributed by atoms with Gasteiger partial charge in [-0.3, -0.25) is 4.79 Å². The van der Waals surface area contributed by atoms with Crippen LogP contribution in [0, 0.1) is 17.8 Å². The Morgan fingerprint density at radius 1 is 1.31 bits per heavy atom. The normalized spacial score (nSPS) is 46.1. The standard InChI is InChI=1S/C9H13FO.C2H6/c1-5(11)8-6-3-9(2,10)4-7(6)8;1-2/h6-8H,3-4H2,1-2H3;1-2H3. The number of carbonyl (C=O) groups is 1. The predicted octanol–water partition coefficient (Wildman–Crippen LogP) is 2.99. The quantitative estimate of drug-likeness (QED) is 0.615. The molecular weight excluding hydrogens is 167 g/mol. The van der Waals surface area contributed by atoms with Crippen LogP contribution in [0.3, 0.4) is 0 Å². The summed E-state index contributed by atoms with van der Waals surface area (Å²) in [7, 11) is 0. The van der Waals surface area contributed by atoms with E-state index in [4.69, 9.17) is 0 Å². The second-order valence-corrected chi connectivity index (χ2v) is 4.29. The molecule has 0 N–H and O–H groups in total. The molecule has 2 unspecified atom stereocenters. The van der Waals surface area contributed by atoms with Gasteiger partial charge in [0.1, 0.15) is 11.5 Å². The molecule has 13 heavy (non-hydrogen) atoms. The number of fused-ring (bicyclic) bond motifs is 1. The van der Waals surface area contributed by atoms with Crippen molar-refractivity contribution in [3.8, 4) is 0 Å². The van der Waals surface area contributed by atoms with Gasteiger partial charge in [0.15, 0.2) is 0 Å². The molecule has 0 spiro atoms. The number of ketones is 1. The molecule has 0 bridgehead atoms. The van der Waals surface area contributed by atoms with Gasteiger partial charge in [-0.1, -0.05) is 13.8 Å². The first-order chi connectivity index (χ1) is 6.01. The largest absolute Gasteiger partial charge is 0.300 e. The van der Waals surface area contributed by atoms with Gasteiger partial charge < -0.3 is 0 Å².